The summed E-state index contributed by atoms with van der Waals surface area (Å²) in [5.41, 5.74) is 2.74. The van der Waals surface area contributed by atoms with Crippen LogP contribution in [-0.2, 0) is 33.2 Å². The first-order valence-corrected chi connectivity index (χ1v) is 7.59. The number of carbonyl (C=O) groups excluding carboxylic acids is 1. The number of esters is 1. The van der Waals surface area contributed by atoms with Crippen LogP contribution < -0.4 is 0 Å². The Bertz CT molecular complexity index is 468. The zero-order valence-corrected chi connectivity index (χ0v) is 11.4. The third kappa shape index (κ3) is 3.19. The van der Waals surface area contributed by atoms with Crippen LogP contribution >= 0.6 is 0 Å². The second kappa shape index (κ2) is 6.14. The predicted molar refractivity (Wildman–Crippen MR) is 71.0 cm³/mol. The maximum Gasteiger partial charge on any atom is 0.305 e. The molecule has 4 heteroatoms. The third-order valence-corrected chi connectivity index (χ3v) is 4.71. The van der Waals surface area contributed by atoms with Crippen molar-refractivity contribution in [1.82, 2.24) is 0 Å². The van der Waals surface area contributed by atoms with E-state index in [0.29, 0.717) is 18.6 Å². The molecule has 0 bridgehead atoms. The van der Waals surface area contributed by atoms with Gasteiger partial charge < -0.3 is 4.74 Å². The van der Waals surface area contributed by atoms with E-state index in [4.69, 9.17) is 0 Å². The van der Waals surface area contributed by atoms with E-state index in [1.54, 1.807) is 0 Å². The minimum atomic E-state index is -1.00. The second-order valence-corrected chi connectivity index (χ2v) is 6.08. The minimum Gasteiger partial charge on any atom is -0.469 e. The Balaban J connectivity index is 1.91. The van der Waals surface area contributed by atoms with Crippen LogP contribution in [-0.4, -0.2) is 23.0 Å². The lowest BCUT2D eigenvalue weighted by Gasteiger charge is -2.05. The maximum atomic E-state index is 12.1. The summed E-state index contributed by atoms with van der Waals surface area (Å²) in [5.74, 6) is 0.286. The molecular weight excluding hydrogens is 248 g/mol. The van der Waals surface area contributed by atoms with E-state index in [-0.39, 0.29) is 5.97 Å². The Labute approximate surface area is 110 Å². The number of rotatable bonds is 5. The van der Waals surface area contributed by atoms with E-state index in [9.17, 15) is 9.00 Å². The van der Waals surface area contributed by atoms with Crippen molar-refractivity contribution in [2.45, 2.75) is 37.0 Å². The van der Waals surface area contributed by atoms with Crippen molar-refractivity contribution in [1.29, 1.82) is 0 Å². The highest BCUT2D eigenvalue weighted by Crippen LogP contribution is 2.24. The van der Waals surface area contributed by atoms with Gasteiger partial charge in [0.25, 0.3) is 0 Å². The summed E-state index contributed by atoms with van der Waals surface area (Å²) in [6, 6.07) is 6.12. The van der Waals surface area contributed by atoms with Crippen molar-refractivity contribution in [3.63, 3.8) is 0 Å². The summed E-state index contributed by atoms with van der Waals surface area (Å²) in [6.07, 6.45) is 4.39. The molecule has 1 aromatic rings. The number of hydrogen-bond acceptors (Lipinski definition) is 3. The minimum absolute atomic E-state index is 0.235. The van der Waals surface area contributed by atoms with Gasteiger partial charge in [0.15, 0.2) is 0 Å². The van der Waals surface area contributed by atoms with Crippen LogP contribution in [0, 0.1) is 0 Å². The Morgan fingerprint density at radius 1 is 1.33 bits per heavy atom. The molecule has 98 valence electrons. The van der Waals surface area contributed by atoms with Gasteiger partial charge in [0, 0.05) is 17.1 Å². The van der Waals surface area contributed by atoms with Crippen LogP contribution in [0.5, 0.6) is 0 Å². The lowest BCUT2D eigenvalue weighted by atomic mass is 10.1. The molecule has 0 saturated carbocycles. The van der Waals surface area contributed by atoms with Gasteiger partial charge in [-0.3, -0.25) is 9.00 Å². The number of benzene rings is 1. The lowest BCUT2D eigenvalue weighted by molar-refractivity contribution is -0.140. The molecule has 3 nitrogen and oxygen atoms in total. The smallest absolute Gasteiger partial charge is 0.305 e. The van der Waals surface area contributed by atoms with Gasteiger partial charge in [-0.05, 0) is 48.9 Å². The van der Waals surface area contributed by atoms with Gasteiger partial charge in [0.05, 0.1) is 17.9 Å². The Morgan fingerprint density at radius 3 is 2.89 bits per heavy atom. The first kappa shape index (κ1) is 13.3. The fourth-order valence-corrected chi connectivity index (χ4v) is 3.39. The van der Waals surface area contributed by atoms with Crippen molar-refractivity contribution >= 4 is 16.8 Å². The molecule has 1 unspecified atom stereocenters. The van der Waals surface area contributed by atoms with Crippen LogP contribution in [0.4, 0.5) is 0 Å². The molecule has 0 heterocycles. The van der Waals surface area contributed by atoms with Crippen LogP contribution in [0.1, 0.15) is 30.4 Å². The summed E-state index contributed by atoms with van der Waals surface area (Å²) in [6.45, 7) is 0. The number of methoxy groups -OCH3 is 1. The zero-order valence-electron chi connectivity index (χ0n) is 10.6. The molecule has 1 aliphatic rings. The average Bonchev–Trinajstić information content (AvgIpc) is 2.85. The van der Waals surface area contributed by atoms with Gasteiger partial charge in [-0.25, -0.2) is 0 Å². The van der Waals surface area contributed by atoms with Crippen molar-refractivity contribution in [3.8, 4) is 0 Å². The summed E-state index contributed by atoms with van der Waals surface area (Å²) in [5, 5.41) is 0. The highest BCUT2D eigenvalue weighted by Gasteiger charge is 2.13. The molecule has 0 radical (unpaired) electrons. The van der Waals surface area contributed by atoms with E-state index in [1.807, 2.05) is 6.07 Å². The van der Waals surface area contributed by atoms with E-state index < -0.39 is 10.8 Å². The molecule has 0 aromatic heterocycles. The molecule has 0 N–H and O–H groups in total. The monoisotopic (exact) mass is 266 g/mol. The highest BCUT2D eigenvalue weighted by molar-refractivity contribution is 7.85. The van der Waals surface area contributed by atoms with Gasteiger partial charge in [0.2, 0.25) is 0 Å². The predicted octanol–water partition coefficient (Wildman–Crippen LogP) is 2.24. The number of fused-ring (bicyclic) bond motifs is 1. The first-order chi connectivity index (χ1) is 8.70. The molecule has 1 aromatic carbocycles. The Kier molecular flexibility index (Phi) is 4.53. The van der Waals surface area contributed by atoms with Gasteiger partial charge in [0.1, 0.15) is 0 Å². The summed E-state index contributed by atoms with van der Waals surface area (Å²) in [4.78, 5) is 11.9. The van der Waals surface area contributed by atoms with Crippen molar-refractivity contribution in [2.75, 3.05) is 12.9 Å². The first-order valence-electron chi connectivity index (χ1n) is 6.27. The number of ether oxygens (including phenoxy) is 1. The molecule has 0 amide bonds. The third-order valence-electron chi connectivity index (χ3n) is 3.27. The molecule has 1 aliphatic carbocycles. The second-order valence-electron chi connectivity index (χ2n) is 4.51. The molecule has 18 heavy (non-hydrogen) atoms. The van der Waals surface area contributed by atoms with E-state index >= 15 is 0 Å². The summed E-state index contributed by atoms with van der Waals surface area (Å²) < 4.78 is 16.6. The maximum absolute atomic E-state index is 12.1. The number of carbonyl (C=O) groups is 1. The SMILES string of the molecule is COC(=O)CCCS(=O)c1ccc2c(c1)CCC2. The number of aryl methyl sites for hydroxylation is 2. The largest absolute Gasteiger partial charge is 0.469 e. The molecule has 0 aliphatic heterocycles. The van der Waals surface area contributed by atoms with E-state index in [0.717, 1.165) is 17.7 Å². The Morgan fingerprint density at radius 2 is 2.11 bits per heavy atom. The molecule has 0 saturated heterocycles. The normalized spacial score (nSPS) is 15.2. The highest BCUT2D eigenvalue weighted by atomic mass is 32.2. The van der Waals surface area contributed by atoms with Gasteiger partial charge >= 0.3 is 5.97 Å². The van der Waals surface area contributed by atoms with Crippen LogP contribution in [0.15, 0.2) is 23.1 Å². The van der Waals surface area contributed by atoms with Crippen molar-refractivity contribution in [2.24, 2.45) is 0 Å². The van der Waals surface area contributed by atoms with Gasteiger partial charge in [-0.1, -0.05) is 6.07 Å². The van der Waals surface area contributed by atoms with Crippen molar-refractivity contribution in [3.05, 3.63) is 29.3 Å². The summed E-state index contributed by atoms with van der Waals surface area (Å²) in [7, 11) is 0.373. The standard InChI is InChI=1S/C14H18O3S/c1-17-14(15)6-3-9-18(16)13-8-7-11-4-2-5-12(11)10-13/h7-8,10H,2-6,9H2,1H3. The molecule has 1 atom stereocenters. The van der Waals surface area contributed by atoms with Crippen LogP contribution in [0.3, 0.4) is 0 Å². The molecule has 2 rings (SSSR count). The molecular formula is C14H18O3S. The van der Waals surface area contributed by atoms with Crippen LogP contribution in [0.2, 0.25) is 0 Å². The quantitative estimate of drug-likeness (QED) is 0.768. The zero-order chi connectivity index (χ0) is 13.0. The average molecular weight is 266 g/mol. The fraction of sp³-hybridized carbons (Fsp3) is 0.500. The van der Waals surface area contributed by atoms with Gasteiger partial charge in [-0.15, -0.1) is 0 Å². The molecule has 0 spiro atoms. The number of hydrogen-bond donors (Lipinski definition) is 0. The van der Waals surface area contributed by atoms with Crippen molar-refractivity contribution < 1.29 is 13.7 Å². The Hall–Kier alpha value is -1.16. The van der Waals surface area contributed by atoms with E-state index in [1.165, 1.54) is 24.7 Å². The lowest BCUT2D eigenvalue weighted by Crippen LogP contribution is -2.04. The fourth-order valence-electron chi connectivity index (χ4n) is 2.26. The summed E-state index contributed by atoms with van der Waals surface area (Å²) >= 11 is 0. The van der Waals surface area contributed by atoms with Crippen LogP contribution in [0.25, 0.3) is 0 Å². The topological polar surface area (TPSA) is 43.4 Å². The van der Waals surface area contributed by atoms with Gasteiger partial charge in [-0.2, -0.15) is 0 Å². The van der Waals surface area contributed by atoms with E-state index in [2.05, 4.69) is 16.9 Å². The molecule has 0 fully saturated rings.